The number of benzene rings is 1. The van der Waals surface area contributed by atoms with Crippen LogP contribution in [0, 0.1) is 29.6 Å². The van der Waals surface area contributed by atoms with E-state index in [1.807, 2.05) is 0 Å². The summed E-state index contributed by atoms with van der Waals surface area (Å²) in [7, 11) is 0. The Kier molecular flexibility index (Phi) is 19.5. The van der Waals surface area contributed by atoms with Crippen LogP contribution in [0.5, 0.6) is 0 Å². The lowest BCUT2D eigenvalue weighted by atomic mass is 9.89. The fraction of sp³-hybridized carbons (Fsp3) is 0.818. The molecule has 1 rings (SSSR count). The van der Waals surface area contributed by atoms with E-state index >= 15 is 0 Å². The van der Waals surface area contributed by atoms with Gasteiger partial charge in [-0.1, -0.05) is 136 Å². The molecule has 0 bridgehead atoms. The molecule has 0 saturated carbocycles. The van der Waals surface area contributed by atoms with Crippen molar-refractivity contribution >= 4 is 0 Å². The predicted molar refractivity (Wildman–Crippen MR) is 154 cm³/mol. The lowest BCUT2D eigenvalue weighted by molar-refractivity contribution is 0.114. The van der Waals surface area contributed by atoms with Crippen LogP contribution in [0.15, 0.2) is 30.3 Å². The maximum absolute atomic E-state index is 9.14. The van der Waals surface area contributed by atoms with Crippen molar-refractivity contribution in [2.24, 2.45) is 29.6 Å². The number of ether oxygens (including phenoxy) is 1. The van der Waals surface area contributed by atoms with Crippen LogP contribution in [-0.2, 0) is 11.3 Å². The maximum Gasteiger partial charge on any atom is 0.0716 e. The molecule has 0 aromatic heterocycles. The second kappa shape index (κ2) is 21.2. The van der Waals surface area contributed by atoms with Gasteiger partial charge in [0.15, 0.2) is 0 Å². The van der Waals surface area contributed by atoms with Crippen molar-refractivity contribution in [3.05, 3.63) is 35.9 Å². The Labute approximate surface area is 219 Å². The van der Waals surface area contributed by atoms with E-state index in [1.165, 1.54) is 95.5 Å². The smallest absolute Gasteiger partial charge is 0.0716 e. The second-order valence-corrected chi connectivity index (χ2v) is 12.1. The zero-order chi connectivity index (χ0) is 25.7. The van der Waals surface area contributed by atoms with Gasteiger partial charge in [0, 0.05) is 13.2 Å². The van der Waals surface area contributed by atoms with Crippen LogP contribution in [-0.4, -0.2) is 18.3 Å². The molecule has 0 heterocycles. The molecule has 1 aromatic rings. The van der Waals surface area contributed by atoms with Crippen molar-refractivity contribution in [3.63, 3.8) is 0 Å². The summed E-state index contributed by atoms with van der Waals surface area (Å²) in [5.41, 5.74) is 1.27. The van der Waals surface area contributed by atoms with Gasteiger partial charge < -0.3 is 9.84 Å². The fourth-order valence-electron chi connectivity index (χ4n) is 5.23. The summed E-state index contributed by atoms with van der Waals surface area (Å²) in [5.74, 6) is 3.90. The maximum atomic E-state index is 9.14. The molecule has 0 unspecified atom stereocenters. The Morgan fingerprint density at radius 1 is 0.543 bits per heavy atom. The van der Waals surface area contributed by atoms with E-state index in [2.05, 4.69) is 65.0 Å². The molecule has 0 aliphatic rings. The highest BCUT2D eigenvalue weighted by Gasteiger charge is 2.09. The fourth-order valence-corrected chi connectivity index (χ4v) is 5.23. The van der Waals surface area contributed by atoms with Gasteiger partial charge in [0.1, 0.15) is 0 Å². The van der Waals surface area contributed by atoms with Crippen LogP contribution >= 0.6 is 0 Å². The minimum atomic E-state index is 0.343. The minimum Gasteiger partial charge on any atom is -0.396 e. The average Bonchev–Trinajstić information content (AvgIpc) is 2.84. The first-order valence-electron chi connectivity index (χ1n) is 15.1. The largest absolute Gasteiger partial charge is 0.396 e. The van der Waals surface area contributed by atoms with Gasteiger partial charge in [0.05, 0.1) is 6.61 Å². The summed E-state index contributed by atoms with van der Waals surface area (Å²) in [5, 5.41) is 9.14. The van der Waals surface area contributed by atoms with Crippen LogP contribution in [0.25, 0.3) is 0 Å². The molecule has 0 fully saturated rings. The molecule has 204 valence electrons. The van der Waals surface area contributed by atoms with Gasteiger partial charge >= 0.3 is 0 Å². The van der Waals surface area contributed by atoms with E-state index in [-0.39, 0.29) is 0 Å². The van der Waals surface area contributed by atoms with Crippen LogP contribution in [0.3, 0.4) is 0 Å². The van der Waals surface area contributed by atoms with Gasteiger partial charge in [-0.05, 0) is 54.4 Å². The molecule has 1 aromatic carbocycles. The monoisotopic (exact) mass is 488 g/mol. The molecule has 5 atom stereocenters. The molecule has 0 amide bonds. The first-order valence-corrected chi connectivity index (χ1v) is 15.1. The van der Waals surface area contributed by atoms with E-state index in [0.717, 1.165) is 36.9 Å². The van der Waals surface area contributed by atoms with E-state index in [0.29, 0.717) is 12.5 Å². The molecular formula is C33H60O2. The van der Waals surface area contributed by atoms with E-state index in [1.54, 1.807) is 0 Å². The number of aliphatic hydroxyl groups excluding tert-OH is 1. The Hall–Kier alpha value is -0.860. The van der Waals surface area contributed by atoms with Crippen molar-refractivity contribution in [1.82, 2.24) is 0 Å². The zero-order valence-electron chi connectivity index (χ0n) is 24.1. The van der Waals surface area contributed by atoms with Gasteiger partial charge in [0.2, 0.25) is 0 Å². The molecule has 35 heavy (non-hydrogen) atoms. The first kappa shape index (κ1) is 32.2. The first-order chi connectivity index (χ1) is 16.9. The molecule has 0 radical (unpaired) electrons. The molecule has 1 N–H and O–H groups in total. The van der Waals surface area contributed by atoms with Crippen LogP contribution in [0.4, 0.5) is 0 Å². The summed E-state index contributed by atoms with van der Waals surface area (Å²) in [6.45, 7) is 13.9. The predicted octanol–water partition coefficient (Wildman–Crippen LogP) is 9.84. The highest BCUT2D eigenvalue weighted by Crippen LogP contribution is 2.24. The molecule has 0 aliphatic heterocycles. The summed E-state index contributed by atoms with van der Waals surface area (Å²) >= 11 is 0. The van der Waals surface area contributed by atoms with Crippen LogP contribution in [0.1, 0.15) is 130 Å². The summed E-state index contributed by atoms with van der Waals surface area (Å²) in [6.07, 6.45) is 18.8. The summed E-state index contributed by atoms with van der Waals surface area (Å²) in [4.78, 5) is 0. The van der Waals surface area contributed by atoms with Gasteiger partial charge in [-0.3, -0.25) is 0 Å². The van der Waals surface area contributed by atoms with Crippen molar-refractivity contribution < 1.29 is 9.84 Å². The van der Waals surface area contributed by atoms with Gasteiger partial charge in [0.25, 0.3) is 0 Å². The highest BCUT2D eigenvalue weighted by atomic mass is 16.5. The summed E-state index contributed by atoms with van der Waals surface area (Å²) < 4.78 is 5.83. The number of aliphatic hydroxyl groups is 1. The Bertz CT molecular complexity index is 572. The van der Waals surface area contributed by atoms with E-state index < -0.39 is 0 Å². The third kappa shape index (κ3) is 19.0. The third-order valence-electron chi connectivity index (χ3n) is 7.98. The third-order valence-corrected chi connectivity index (χ3v) is 7.98. The van der Waals surface area contributed by atoms with E-state index in [9.17, 15) is 0 Å². The van der Waals surface area contributed by atoms with Gasteiger partial charge in [-0.25, -0.2) is 0 Å². The SMILES string of the molecule is C[C@H](CCC[C@H](C)CCC[C@H](C)CCCOCc1ccccc1)CCC[C@@H](C)CCC[C@@H](C)CO. The van der Waals surface area contributed by atoms with Gasteiger partial charge in [-0.2, -0.15) is 0 Å². The Morgan fingerprint density at radius 3 is 1.31 bits per heavy atom. The zero-order valence-corrected chi connectivity index (χ0v) is 24.1. The minimum absolute atomic E-state index is 0.343. The second-order valence-electron chi connectivity index (χ2n) is 12.1. The molecule has 2 nitrogen and oxygen atoms in total. The number of rotatable bonds is 23. The normalized spacial score (nSPS) is 16.1. The topological polar surface area (TPSA) is 29.5 Å². The quantitative estimate of drug-likeness (QED) is 0.155. The molecule has 0 saturated heterocycles. The highest BCUT2D eigenvalue weighted by molar-refractivity contribution is 5.13. The molecule has 0 spiro atoms. The van der Waals surface area contributed by atoms with Crippen molar-refractivity contribution in [2.75, 3.05) is 13.2 Å². The Morgan fingerprint density at radius 2 is 0.914 bits per heavy atom. The lowest BCUT2D eigenvalue weighted by Crippen LogP contribution is -2.04. The Balaban J connectivity index is 1.93. The number of hydrogen-bond donors (Lipinski definition) is 1. The van der Waals surface area contributed by atoms with Crippen molar-refractivity contribution in [2.45, 2.75) is 131 Å². The lowest BCUT2D eigenvalue weighted by Gasteiger charge is -2.17. The van der Waals surface area contributed by atoms with Crippen molar-refractivity contribution in [3.8, 4) is 0 Å². The summed E-state index contributed by atoms with van der Waals surface area (Å²) in [6, 6.07) is 10.5. The van der Waals surface area contributed by atoms with Crippen LogP contribution < -0.4 is 0 Å². The standard InChI is InChI=1S/C33H60O2/c1-28(16-10-17-30(3)20-12-21-32(5)26-34)14-9-15-29(2)18-11-19-31(4)22-13-25-35-27-33-23-7-6-8-24-33/h6-8,23-24,28-32,34H,9-22,25-27H2,1-5H3/t28-,29+,30-,31+,32-/m1/s1. The molecular weight excluding hydrogens is 428 g/mol. The molecule has 2 heteroatoms. The van der Waals surface area contributed by atoms with E-state index in [4.69, 9.17) is 9.84 Å². The van der Waals surface area contributed by atoms with Crippen molar-refractivity contribution in [1.29, 1.82) is 0 Å². The average molecular weight is 489 g/mol. The van der Waals surface area contributed by atoms with Gasteiger partial charge in [-0.15, -0.1) is 0 Å². The van der Waals surface area contributed by atoms with Crippen LogP contribution in [0.2, 0.25) is 0 Å². The number of hydrogen-bond acceptors (Lipinski definition) is 2. The molecule has 0 aliphatic carbocycles.